The minimum Gasteiger partial charge on any atom is -1.00 e. The molecule has 45 heavy (non-hydrogen) atoms. The molecule has 2 aromatic carbocycles. The zero-order chi connectivity index (χ0) is 30.0. The van der Waals surface area contributed by atoms with E-state index in [1.807, 2.05) is 67.6 Å². The molecule has 5 rings (SSSR count). The molecule has 1 aliphatic heterocycles. The largest absolute Gasteiger partial charge is 2.00 e. The van der Waals surface area contributed by atoms with Gasteiger partial charge in [0.25, 0.3) is 0 Å². The van der Waals surface area contributed by atoms with E-state index in [-0.39, 0.29) is 83.3 Å². The van der Waals surface area contributed by atoms with Crippen LogP contribution in [0.25, 0.3) is 0 Å². The molecule has 7 nitrogen and oxygen atoms in total. The topological polar surface area (TPSA) is 99.1 Å². The molecule has 3 aliphatic rings. The number of aliphatic hydroxyl groups is 1. The van der Waals surface area contributed by atoms with Crippen LogP contribution in [0.4, 0.5) is 0 Å². The second kappa shape index (κ2) is 25.3. The van der Waals surface area contributed by atoms with Gasteiger partial charge in [0.15, 0.2) is 0 Å². The minimum atomic E-state index is -0.263. The summed E-state index contributed by atoms with van der Waals surface area (Å²) in [6, 6.07) is 19.4. The van der Waals surface area contributed by atoms with Gasteiger partial charge in [0.1, 0.15) is 19.5 Å². The number of carbonyl (C=O) groups excluding carboxylic acids is 3. The van der Waals surface area contributed by atoms with E-state index < -0.39 is 0 Å². The molecule has 0 amide bonds. The van der Waals surface area contributed by atoms with Crippen LogP contribution in [0, 0.1) is 31.1 Å². The molecule has 3 fully saturated rings. The predicted molar refractivity (Wildman–Crippen MR) is 173 cm³/mol. The van der Waals surface area contributed by atoms with E-state index in [0.29, 0.717) is 19.1 Å². The number of ether oxygens (including phenoxy) is 3. The van der Waals surface area contributed by atoms with Gasteiger partial charge >= 0.3 is 35.0 Å². The zero-order valence-corrected chi connectivity index (χ0v) is 30.1. The molecule has 2 aromatic rings. The van der Waals surface area contributed by atoms with Crippen LogP contribution in [-0.2, 0) is 41.8 Å². The van der Waals surface area contributed by atoms with Crippen LogP contribution >= 0.6 is 0 Å². The van der Waals surface area contributed by atoms with Crippen LogP contribution in [0.3, 0.4) is 0 Å². The molecular formula is C36H51BrMgO7. The predicted octanol–water partition coefficient (Wildman–Crippen LogP) is 3.52. The fourth-order valence-corrected chi connectivity index (χ4v) is 5.53. The molecule has 1 unspecified atom stereocenters. The van der Waals surface area contributed by atoms with Gasteiger partial charge in [-0.2, -0.15) is 0 Å². The molecule has 1 heterocycles. The summed E-state index contributed by atoms with van der Waals surface area (Å²) in [5, 5.41) is 9.54. The average molecular weight is 700 g/mol. The maximum atomic E-state index is 12.0. The molecule has 2 aliphatic carbocycles. The van der Waals surface area contributed by atoms with Crippen molar-refractivity contribution in [3.05, 3.63) is 79.2 Å². The number of carbonyl (C=O) groups is 3. The van der Waals surface area contributed by atoms with Crippen LogP contribution in [0.15, 0.2) is 60.7 Å². The van der Waals surface area contributed by atoms with Crippen molar-refractivity contribution < 1.29 is 50.7 Å². The molecule has 2 saturated carbocycles. The van der Waals surface area contributed by atoms with Crippen molar-refractivity contribution in [2.45, 2.75) is 90.4 Å². The van der Waals surface area contributed by atoms with Gasteiger partial charge in [0, 0.05) is 19.1 Å². The Bertz CT molecular complexity index is 1030. The van der Waals surface area contributed by atoms with E-state index in [0.717, 1.165) is 82.0 Å². The molecule has 1 atom stereocenters. The third-order valence-corrected chi connectivity index (χ3v) is 8.36. The van der Waals surface area contributed by atoms with Gasteiger partial charge in [0.05, 0.1) is 17.9 Å². The van der Waals surface area contributed by atoms with Crippen molar-refractivity contribution in [1.82, 2.24) is 0 Å². The van der Waals surface area contributed by atoms with Crippen LogP contribution in [0.2, 0.25) is 0 Å². The van der Waals surface area contributed by atoms with Crippen LogP contribution in [-0.4, -0.2) is 65.7 Å². The van der Waals surface area contributed by atoms with E-state index in [4.69, 9.17) is 14.2 Å². The second-order valence-corrected chi connectivity index (χ2v) is 11.6. The summed E-state index contributed by atoms with van der Waals surface area (Å²) in [5.74, 6) is 0.265. The smallest absolute Gasteiger partial charge is 1.00 e. The Morgan fingerprint density at radius 2 is 1.18 bits per heavy atom. The zero-order valence-electron chi connectivity index (χ0n) is 27.1. The van der Waals surface area contributed by atoms with Gasteiger partial charge in [-0.1, -0.05) is 60.7 Å². The second-order valence-electron chi connectivity index (χ2n) is 11.6. The maximum absolute atomic E-state index is 12.0. The number of rotatable bonds is 8. The van der Waals surface area contributed by atoms with Crippen LogP contribution < -0.4 is 17.0 Å². The first-order valence-corrected chi connectivity index (χ1v) is 15.6. The van der Waals surface area contributed by atoms with Crippen molar-refractivity contribution in [3.8, 4) is 0 Å². The maximum Gasteiger partial charge on any atom is 2.00 e. The first kappa shape index (κ1) is 43.2. The van der Waals surface area contributed by atoms with E-state index in [2.05, 4.69) is 0 Å². The van der Waals surface area contributed by atoms with Crippen molar-refractivity contribution in [1.29, 1.82) is 0 Å². The van der Waals surface area contributed by atoms with E-state index in [9.17, 15) is 19.5 Å². The summed E-state index contributed by atoms with van der Waals surface area (Å²) in [5.41, 5.74) is 2.03. The van der Waals surface area contributed by atoms with Gasteiger partial charge in [-0.05, 0) is 88.2 Å². The van der Waals surface area contributed by atoms with Crippen LogP contribution in [0.5, 0.6) is 0 Å². The van der Waals surface area contributed by atoms with Crippen LogP contribution in [0.1, 0.15) is 82.3 Å². The standard InChI is InChI=1S/C16H22O3.C15H18O3.C4H8O.CH3.BrH.Mg/c1-12(17)14-7-9-15(10-8-14)16(18)19-11-13-5-3-2-4-6-13;16-10-12-6-8-14(9-7-12)15(17)18-11-13-4-2-1-3-5-13;1-2-4-5-3-1;;;/h2-6,12,14-15,17H,7-11H2,1H3;1-5,10,12,14H,6-9,11H2;1-4H2;1H3;1H;/q;;;-1;;+2/p-1. The third kappa shape index (κ3) is 17.1. The number of hydrogen-bond acceptors (Lipinski definition) is 7. The molecule has 246 valence electrons. The first-order valence-electron chi connectivity index (χ1n) is 15.6. The Hall–Kier alpha value is -1.78. The van der Waals surface area contributed by atoms with Gasteiger partial charge in [0.2, 0.25) is 0 Å². The number of aliphatic hydroxyl groups excluding tert-OH is 1. The van der Waals surface area contributed by atoms with Gasteiger partial charge in [-0.15, -0.1) is 0 Å². The van der Waals surface area contributed by atoms with Crippen molar-refractivity contribution >= 4 is 41.3 Å². The monoisotopic (exact) mass is 698 g/mol. The van der Waals surface area contributed by atoms with Gasteiger partial charge in [-0.3, -0.25) is 9.59 Å². The Balaban J connectivity index is 0.000000703. The Morgan fingerprint density at radius 3 is 1.51 bits per heavy atom. The summed E-state index contributed by atoms with van der Waals surface area (Å²) >= 11 is 0. The molecular weight excluding hydrogens is 649 g/mol. The average Bonchev–Trinajstić information content (AvgIpc) is 3.65. The van der Waals surface area contributed by atoms with E-state index >= 15 is 0 Å². The van der Waals surface area contributed by atoms with Gasteiger partial charge < -0.3 is 48.5 Å². The van der Waals surface area contributed by atoms with Crippen molar-refractivity contribution in [2.24, 2.45) is 23.7 Å². The fourth-order valence-electron chi connectivity index (χ4n) is 5.53. The van der Waals surface area contributed by atoms with E-state index in [1.165, 1.54) is 12.8 Å². The summed E-state index contributed by atoms with van der Waals surface area (Å²) < 4.78 is 15.6. The number of esters is 2. The Labute approximate surface area is 297 Å². The molecule has 1 saturated heterocycles. The number of hydrogen-bond donors (Lipinski definition) is 1. The van der Waals surface area contributed by atoms with E-state index in [1.54, 1.807) is 0 Å². The molecule has 0 radical (unpaired) electrons. The molecule has 1 N–H and O–H groups in total. The Kier molecular flexibility index (Phi) is 24.3. The molecule has 0 aromatic heterocycles. The summed E-state index contributed by atoms with van der Waals surface area (Å²) in [6.07, 6.45) is 9.99. The molecule has 0 spiro atoms. The summed E-state index contributed by atoms with van der Waals surface area (Å²) in [6.45, 7) is 4.53. The number of aldehydes is 1. The van der Waals surface area contributed by atoms with Crippen molar-refractivity contribution in [3.63, 3.8) is 0 Å². The summed E-state index contributed by atoms with van der Waals surface area (Å²) in [4.78, 5) is 34.5. The number of benzene rings is 2. The normalized spacial score (nSPS) is 22.4. The fraction of sp³-hybridized carbons (Fsp3) is 0.556. The molecule has 9 heteroatoms. The first-order chi connectivity index (χ1) is 20.5. The number of halogens is 1. The Morgan fingerprint density at radius 1 is 0.778 bits per heavy atom. The quantitative estimate of drug-likeness (QED) is 0.195. The molecule has 0 bridgehead atoms. The minimum absolute atomic E-state index is 0. The third-order valence-electron chi connectivity index (χ3n) is 8.36. The van der Waals surface area contributed by atoms with Crippen molar-refractivity contribution in [2.75, 3.05) is 13.2 Å². The van der Waals surface area contributed by atoms with Gasteiger partial charge in [-0.25, -0.2) is 0 Å². The summed E-state index contributed by atoms with van der Waals surface area (Å²) in [7, 11) is 0. The SMILES string of the molecule is C1CCOC1.CC(O)C1CCC(C(=O)OCc2ccccc2)CC1.O=CC1CCC(C(=O)OCc2ccccc2)CC1.[Br-].[CH3-].[Mg+2].